The SMILES string of the molecule is Nc1cccc(-n2cnc3c(N(Cc4ccccc4)Cc4ccccc4)nc(Nc4ccc(Oc5ccccc5)cc4)nc32)c1. The third kappa shape index (κ3) is 6.45. The van der Waals surface area contributed by atoms with Gasteiger partial charge < -0.3 is 20.7 Å². The molecule has 8 nitrogen and oxygen atoms in total. The Morgan fingerprint density at radius 3 is 1.93 bits per heavy atom. The van der Waals surface area contributed by atoms with E-state index < -0.39 is 0 Å². The topological polar surface area (TPSA) is 94.1 Å². The molecule has 0 atom stereocenters. The van der Waals surface area contributed by atoms with Gasteiger partial charge in [-0.25, -0.2) is 4.98 Å². The maximum atomic E-state index is 6.15. The van der Waals surface area contributed by atoms with Crippen LogP contribution in [-0.2, 0) is 13.1 Å². The van der Waals surface area contributed by atoms with E-state index in [4.69, 9.17) is 25.4 Å². The van der Waals surface area contributed by atoms with Crippen molar-refractivity contribution in [3.05, 3.63) is 157 Å². The van der Waals surface area contributed by atoms with Gasteiger partial charge in [0.15, 0.2) is 17.0 Å². The monoisotopic (exact) mass is 589 g/mol. The lowest BCUT2D eigenvalue weighted by molar-refractivity contribution is 0.483. The van der Waals surface area contributed by atoms with Crippen LogP contribution >= 0.6 is 0 Å². The lowest BCUT2D eigenvalue weighted by Crippen LogP contribution is -2.24. The highest BCUT2D eigenvalue weighted by Crippen LogP contribution is 2.31. The highest BCUT2D eigenvalue weighted by atomic mass is 16.5. The molecule has 2 aromatic heterocycles. The zero-order valence-electron chi connectivity index (χ0n) is 24.5. The van der Waals surface area contributed by atoms with Gasteiger partial charge in [-0.2, -0.15) is 9.97 Å². The highest BCUT2D eigenvalue weighted by molar-refractivity contribution is 5.86. The smallest absolute Gasteiger partial charge is 0.231 e. The molecular formula is C37H31N7O. The van der Waals surface area contributed by atoms with Crippen LogP contribution in [0.2, 0.25) is 0 Å². The summed E-state index contributed by atoms with van der Waals surface area (Å²) in [5.41, 5.74) is 12.2. The molecule has 7 rings (SSSR count). The normalized spacial score (nSPS) is 10.9. The molecule has 0 radical (unpaired) electrons. The van der Waals surface area contributed by atoms with E-state index in [0.29, 0.717) is 35.9 Å². The Morgan fingerprint density at radius 2 is 1.29 bits per heavy atom. The van der Waals surface area contributed by atoms with Crippen LogP contribution in [-0.4, -0.2) is 19.5 Å². The van der Waals surface area contributed by atoms with Crippen LogP contribution in [0.3, 0.4) is 0 Å². The van der Waals surface area contributed by atoms with Crippen molar-refractivity contribution in [2.45, 2.75) is 13.1 Å². The molecule has 3 N–H and O–H groups in total. The summed E-state index contributed by atoms with van der Waals surface area (Å²) < 4.78 is 7.93. The number of para-hydroxylation sites is 1. The first-order valence-electron chi connectivity index (χ1n) is 14.7. The van der Waals surface area contributed by atoms with Gasteiger partial charge in [-0.15, -0.1) is 0 Å². The Balaban J connectivity index is 1.30. The number of nitrogens with one attached hydrogen (secondary N) is 1. The van der Waals surface area contributed by atoms with Gasteiger partial charge >= 0.3 is 0 Å². The number of ether oxygens (including phenoxy) is 1. The fourth-order valence-electron chi connectivity index (χ4n) is 5.20. The number of rotatable bonds is 10. The largest absolute Gasteiger partial charge is 0.457 e. The van der Waals surface area contributed by atoms with E-state index in [1.807, 2.05) is 95.6 Å². The summed E-state index contributed by atoms with van der Waals surface area (Å²) in [5.74, 6) is 2.69. The first kappa shape index (κ1) is 27.7. The summed E-state index contributed by atoms with van der Waals surface area (Å²) in [5, 5.41) is 3.42. The summed E-state index contributed by atoms with van der Waals surface area (Å²) in [4.78, 5) is 17.1. The average Bonchev–Trinajstić information content (AvgIpc) is 3.51. The summed E-state index contributed by atoms with van der Waals surface area (Å²) in [6, 6.07) is 45.9. The molecule has 0 fully saturated rings. The molecule has 0 aliphatic rings. The van der Waals surface area contributed by atoms with Crippen LogP contribution in [0.25, 0.3) is 16.9 Å². The first-order chi connectivity index (χ1) is 22.2. The molecule has 0 bridgehead atoms. The number of hydrogen-bond acceptors (Lipinski definition) is 7. The zero-order chi connectivity index (χ0) is 30.4. The Morgan fingerprint density at radius 1 is 0.667 bits per heavy atom. The minimum atomic E-state index is 0.450. The van der Waals surface area contributed by atoms with Crippen molar-refractivity contribution in [2.75, 3.05) is 16.0 Å². The Bertz CT molecular complexity index is 1970. The van der Waals surface area contributed by atoms with E-state index in [0.717, 1.165) is 28.7 Å². The third-order valence-corrected chi connectivity index (χ3v) is 7.35. The Kier molecular flexibility index (Phi) is 7.75. The van der Waals surface area contributed by atoms with Crippen molar-refractivity contribution in [3.8, 4) is 17.2 Å². The van der Waals surface area contributed by atoms with Crippen LogP contribution in [0.1, 0.15) is 11.1 Å². The molecule has 0 saturated carbocycles. The zero-order valence-corrected chi connectivity index (χ0v) is 24.5. The molecule has 2 heterocycles. The lowest BCUT2D eigenvalue weighted by Gasteiger charge is -2.25. The highest BCUT2D eigenvalue weighted by Gasteiger charge is 2.20. The second-order valence-electron chi connectivity index (χ2n) is 10.6. The van der Waals surface area contributed by atoms with Gasteiger partial charge in [-0.1, -0.05) is 84.9 Å². The second-order valence-corrected chi connectivity index (χ2v) is 10.6. The van der Waals surface area contributed by atoms with Gasteiger partial charge in [0.1, 0.15) is 17.8 Å². The molecule has 220 valence electrons. The van der Waals surface area contributed by atoms with Gasteiger partial charge in [0.25, 0.3) is 0 Å². The van der Waals surface area contributed by atoms with Crippen molar-refractivity contribution in [1.82, 2.24) is 19.5 Å². The maximum absolute atomic E-state index is 6.15. The molecule has 0 saturated heterocycles. The van der Waals surface area contributed by atoms with Crippen LogP contribution in [0.4, 0.5) is 23.1 Å². The summed E-state index contributed by atoms with van der Waals surface area (Å²) in [6.07, 6.45) is 1.78. The third-order valence-electron chi connectivity index (χ3n) is 7.35. The van der Waals surface area contributed by atoms with Crippen LogP contribution in [0.5, 0.6) is 11.5 Å². The maximum Gasteiger partial charge on any atom is 0.231 e. The number of fused-ring (bicyclic) bond motifs is 1. The number of benzene rings is 5. The van der Waals surface area contributed by atoms with E-state index in [2.05, 4.69) is 58.7 Å². The Labute approximate surface area is 261 Å². The molecular weight excluding hydrogens is 558 g/mol. The summed E-state index contributed by atoms with van der Waals surface area (Å²) in [6.45, 7) is 1.27. The van der Waals surface area contributed by atoms with Gasteiger partial charge in [-0.3, -0.25) is 4.57 Å². The fourth-order valence-corrected chi connectivity index (χ4v) is 5.20. The van der Waals surface area contributed by atoms with Crippen molar-refractivity contribution in [3.63, 3.8) is 0 Å². The predicted molar refractivity (Wildman–Crippen MR) is 180 cm³/mol. The van der Waals surface area contributed by atoms with Crippen LogP contribution < -0.4 is 20.7 Å². The van der Waals surface area contributed by atoms with Crippen molar-refractivity contribution in [1.29, 1.82) is 0 Å². The molecule has 0 aliphatic heterocycles. The quantitative estimate of drug-likeness (QED) is 0.156. The number of hydrogen-bond donors (Lipinski definition) is 2. The molecule has 45 heavy (non-hydrogen) atoms. The van der Waals surface area contributed by atoms with Gasteiger partial charge in [0.05, 0.1) is 5.69 Å². The van der Waals surface area contributed by atoms with E-state index in [1.165, 1.54) is 11.1 Å². The van der Waals surface area contributed by atoms with E-state index >= 15 is 0 Å². The van der Waals surface area contributed by atoms with Gasteiger partial charge in [-0.05, 0) is 65.7 Å². The lowest BCUT2D eigenvalue weighted by atomic mass is 10.1. The van der Waals surface area contributed by atoms with Gasteiger partial charge in [0.2, 0.25) is 5.95 Å². The molecule has 7 aromatic rings. The fraction of sp³-hybridized carbons (Fsp3) is 0.0541. The van der Waals surface area contributed by atoms with E-state index in [-0.39, 0.29) is 0 Å². The first-order valence-corrected chi connectivity index (χ1v) is 14.7. The average molecular weight is 590 g/mol. The van der Waals surface area contributed by atoms with E-state index in [9.17, 15) is 0 Å². The minimum absolute atomic E-state index is 0.450. The Hall–Kier alpha value is -6.15. The number of aromatic nitrogens is 4. The molecule has 0 aliphatic carbocycles. The van der Waals surface area contributed by atoms with Crippen LogP contribution in [0.15, 0.2) is 146 Å². The minimum Gasteiger partial charge on any atom is -0.457 e. The molecule has 0 spiro atoms. The number of nitrogens with two attached hydrogens (primary N) is 1. The molecule has 8 heteroatoms. The van der Waals surface area contributed by atoms with Crippen molar-refractivity contribution >= 4 is 34.3 Å². The molecule has 0 unspecified atom stereocenters. The van der Waals surface area contributed by atoms with E-state index in [1.54, 1.807) is 6.33 Å². The second kappa shape index (κ2) is 12.6. The molecule has 0 amide bonds. The number of nitrogen functional groups attached to an aromatic ring is 1. The summed E-state index contributed by atoms with van der Waals surface area (Å²) in [7, 11) is 0. The summed E-state index contributed by atoms with van der Waals surface area (Å²) >= 11 is 0. The molecule has 5 aromatic carbocycles. The van der Waals surface area contributed by atoms with Crippen LogP contribution in [0, 0.1) is 0 Å². The predicted octanol–water partition coefficient (Wildman–Crippen LogP) is 8.14. The number of nitrogens with zero attached hydrogens (tertiary/aromatic N) is 5. The standard InChI is InChI=1S/C37H31N7O/c38-29-15-10-16-31(23-29)44-26-39-34-35(43(24-27-11-4-1-5-12-27)25-28-13-6-2-7-14-28)41-37(42-36(34)44)40-30-19-21-33(22-20-30)45-32-17-8-3-9-18-32/h1-23,26H,24-25,38H2,(H,40,41,42). The van der Waals surface area contributed by atoms with Crippen molar-refractivity contribution in [2.24, 2.45) is 0 Å². The number of anilines is 4. The van der Waals surface area contributed by atoms with Crippen molar-refractivity contribution < 1.29 is 4.74 Å². The number of imidazole rings is 1. The van der Waals surface area contributed by atoms with Gasteiger partial charge in [0, 0.05) is 24.5 Å².